The number of carbonyl (C=O) groups excluding carboxylic acids is 1. The molecule has 82 valence electrons. The lowest BCUT2D eigenvalue weighted by atomic mass is 9.79. The maximum atomic E-state index is 11.2. The van der Waals surface area contributed by atoms with E-state index < -0.39 is 17.5 Å². The van der Waals surface area contributed by atoms with Crippen LogP contribution >= 0.6 is 0 Å². The lowest BCUT2D eigenvalue weighted by Crippen LogP contribution is -2.45. The van der Waals surface area contributed by atoms with Gasteiger partial charge in [0.15, 0.2) is 6.10 Å². The number of hydrogen-bond acceptors (Lipinski definition) is 4. The van der Waals surface area contributed by atoms with Gasteiger partial charge in [0.2, 0.25) is 0 Å². The molecule has 0 aromatic carbocycles. The zero-order valence-corrected chi connectivity index (χ0v) is 8.82. The molecule has 14 heavy (non-hydrogen) atoms. The fourth-order valence-electron chi connectivity index (χ4n) is 2.34. The van der Waals surface area contributed by atoms with Crippen molar-refractivity contribution < 1.29 is 14.6 Å². The van der Waals surface area contributed by atoms with Gasteiger partial charge in [-0.25, -0.2) is 4.79 Å². The van der Waals surface area contributed by atoms with Gasteiger partial charge in [-0.05, 0) is 25.2 Å². The molecule has 1 rings (SSSR count). The third-order valence-corrected chi connectivity index (χ3v) is 3.30. The van der Waals surface area contributed by atoms with E-state index in [1.807, 2.05) is 0 Å². The summed E-state index contributed by atoms with van der Waals surface area (Å²) in [6.07, 6.45) is 1.56. The van der Waals surface area contributed by atoms with Crippen molar-refractivity contribution in [2.45, 2.75) is 32.3 Å². The van der Waals surface area contributed by atoms with E-state index in [1.165, 1.54) is 7.11 Å². The van der Waals surface area contributed by atoms with Gasteiger partial charge in [0, 0.05) is 12.0 Å². The highest BCUT2D eigenvalue weighted by atomic mass is 16.5. The molecule has 1 fully saturated rings. The van der Waals surface area contributed by atoms with Crippen molar-refractivity contribution in [3.8, 4) is 0 Å². The van der Waals surface area contributed by atoms with Crippen molar-refractivity contribution in [1.82, 2.24) is 0 Å². The molecule has 0 radical (unpaired) electrons. The van der Waals surface area contributed by atoms with Gasteiger partial charge in [-0.15, -0.1) is 0 Å². The first-order chi connectivity index (χ1) is 6.55. The fourth-order valence-corrected chi connectivity index (χ4v) is 2.34. The molecule has 0 heterocycles. The minimum Gasteiger partial charge on any atom is -0.467 e. The van der Waals surface area contributed by atoms with Crippen LogP contribution in [-0.2, 0) is 9.53 Å². The second-order valence-corrected chi connectivity index (χ2v) is 4.34. The Hall–Kier alpha value is -0.610. The first kappa shape index (κ1) is 11.5. The van der Waals surface area contributed by atoms with E-state index in [-0.39, 0.29) is 0 Å². The molecule has 0 aliphatic heterocycles. The highest BCUT2D eigenvalue weighted by molar-refractivity contribution is 5.75. The van der Waals surface area contributed by atoms with Gasteiger partial charge in [-0.3, -0.25) is 0 Å². The van der Waals surface area contributed by atoms with Gasteiger partial charge in [-0.2, -0.15) is 0 Å². The highest BCUT2D eigenvalue weighted by Gasteiger charge is 2.46. The number of esters is 1. The van der Waals surface area contributed by atoms with Gasteiger partial charge in [0.25, 0.3) is 0 Å². The average molecular weight is 201 g/mol. The van der Waals surface area contributed by atoms with Gasteiger partial charge >= 0.3 is 5.97 Å². The summed E-state index contributed by atoms with van der Waals surface area (Å²) in [5.74, 6) is -0.0394. The van der Waals surface area contributed by atoms with Gasteiger partial charge in [0.1, 0.15) is 0 Å². The Kier molecular flexibility index (Phi) is 3.50. The van der Waals surface area contributed by atoms with Gasteiger partial charge < -0.3 is 15.6 Å². The topological polar surface area (TPSA) is 72.5 Å². The smallest absolute Gasteiger partial charge is 0.335 e. The third-order valence-electron chi connectivity index (χ3n) is 3.30. The zero-order chi connectivity index (χ0) is 10.8. The van der Waals surface area contributed by atoms with Crippen LogP contribution in [0.25, 0.3) is 0 Å². The van der Waals surface area contributed by atoms with E-state index in [1.54, 1.807) is 0 Å². The van der Waals surface area contributed by atoms with Crippen molar-refractivity contribution in [3.63, 3.8) is 0 Å². The highest BCUT2D eigenvalue weighted by Crippen LogP contribution is 2.43. The number of hydrogen-bond donors (Lipinski definition) is 2. The number of carbonyl (C=O) groups is 1. The normalized spacial score (nSPS) is 34.1. The second-order valence-electron chi connectivity index (χ2n) is 4.34. The Morgan fingerprint density at radius 2 is 2.43 bits per heavy atom. The molecule has 1 aliphatic carbocycles. The van der Waals surface area contributed by atoms with Crippen LogP contribution < -0.4 is 5.73 Å². The number of nitrogens with two attached hydrogens (primary N) is 1. The fraction of sp³-hybridized carbons (Fsp3) is 0.900. The van der Waals surface area contributed by atoms with Gasteiger partial charge in [-0.1, -0.05) is 6.92 Å². The monoisotopic (exact) mass is 201 g/mol. The SMILES string of the molecule is COC(=O)C(O)C1(CN)CCC(C)C1. The molecule has 3 N–H and O–H groups in total. The minimum absolute atomic E-state index is 0.341. The Bertz CT molecular complexity index is 219. The minimum atomic E-state index is -1.07. The average Bonchev–Trinajstić information content (AvgIpc) is 2.59. The zero-order valence-electron chi connectivity index (χ0n) is 8.82. The predicted octanol–water partition coefficient (Wildman–Crippen LogP) is 0.285. The summed E-state index contributed by atoms with van der Waals surface area (Å²) in [6, 6.07) is 0. The molecule has 0 aromatic heterocycles. The number of rotatable bonds is 3. The van der Waals surface area contributed by atoms with E-state index in [4.69, 9.17) is 5.73 Å². The number of methoxy groups -OCH3 is 1. The molecule has 3 atom stereocenters. The summed E-state index contributed by atoms with van der Waals surface area (Å²) in [6.45, 7) is 2.45. The maximum Gasteiger partial charge on any atom is 0.335 e. The Morgan fingerprint density at radius 3 is 2.79 bits per heavy atom. The van der Waals surface area contributed by atoms with E-state index >= 15 is 0 Å². The van der Waals surface area contributed by atoms with Crippen LogP contribution in [0.3, 0.4) is 0 Å². The number of aliphatic hydroxyl groups excluding tert-OH is 1. The van der Waals surface area contributed by atoms with Crippen LogP contribution in [0.4, 0.5) is 0 Å². The standard InChI is InChI=1S/C10H19NO3/c1-7-3-4-10(5-7,6-11)8(12)9(13)14-2/h7-8,12H,3-6,11H2,1-2H3. The molecule has 0 saturated heterocycles. The van der Waals surface area contributed by atoms with Crippen molar-refractivity contribution in [3.05, 3.63) is 0 Å². The summed E-state index contributed by atoms with van der Waals surface area (Å²) in [7, 11) is 1.29. The molecule has 4 nitrogen and oxygen atoms in total. The van der Waals surface area contributed by atoms with Crippen LogP contribution in [0, 0.1) is 11.3 Å². The van der Waals surface area contributed by atoms with Crippen molar-refractivity contribution >= 4 is 5.97 Å². The summed E-state index contributed by atoms with van der Waals surface area (Å²) >= 11 is 0. The lowest BCUT2D eigenvalue weighted by molar-refractivity contribution is -0.158. The van der Waals surface area contributed by atoms with Crippen LogP contribution in [0.1, 0.15) is 26.2 Å². The molecule has 0 amide bonds. The van der Waals surface area contributed by atoms with E-state index in [9.17, 15) is 9.90 Å². The molecule has 1 aliphatic rings. The van der Waals surface area contributed by atoms with Crippen LogP contribution in [-0.4, -0.2) is 30.8 Å². The van der Waals surface area contributed by atoms with E-state index in [0.717, 1.165) is 19.3 Å². The Balaban J connectivity index is 2.74. The largest absolute Gasteiger partial charge is 0.467 e. The van der Waals surface area contributed by atoms with Crippen LogP contribution in [0.2, 0.25) is 0 Å². The first-order valence-corrected chi connectivity index (χ1v) is 5.01. The first-order valence-electron chi connectivity index (χ1n) is 5.01. The molecular weight excluding hydrogens is 182 g/mol. The maximum absolute atomic E-state index is 11.2. The molecule has 0 bridgehead atoms. The summed E-state index contributed by atoms with van der Waals surface area (Å²) in [5, 5.41) is 9.83. The van der Waals surface area contributed by atoms with E-state index in [2.05, 4.69) is 11.7 Å². The van der Waals surface area contributed by atoms with Crippen LogP contribution in [0.5, 0.6) is 0 Å². The van der Waals surface area contributed by atoms with Crippen molar-refractivity contribution in [2.75, 3.05) is 13.7 Å². The Morgan fingerprint density at radius 1 is 1.79 bits per heavy atom. The lowest BCUT2D eigenvalue weighted by Gasteiger charge is -2.31. The van der Waals surface area contributed by atoms with Crippen molar-refractivity contribution in [2.24, 2.45) is 17.1 Å². The molecule has 4 heteroatoms. The summed E-state index contributed by atoms with van der Waals surface area (Å²) < 4.78 is 4.54. The number of aliphatic hydroxyl groups is 1. The molecule has 0 aromatic rings. The molecule has 0 spiro atoms. The molecule has 1 saturated carbocycles. The Labute approximate surface area is 84.4 Å². The molecule has 3 unspecified atom stereocenters. The van der Waals surface area contributed by atoms with Crippen LogP contribution in [0.15, 0.2) is 0 Å². The van der Waals surface area contributed by atoms with Crippen molar-refractivity contribution in [1.29, 1.82) is 0 Å². The summed E-state index contributed by atoms with van der Waals surface area (Å²) in [5.41, 5.74) is 5.20. The quantitative estimate of drug-likeness (QED) is 0.643. The third kappa shape index (κ3) is 1.91. The summed E-state index contributed by atoms with van der Waals surface area (Å²) in [4.78, 5) is 11.2. The predicted molar refractivity (Wildman–Crippen MR) is 52.5 cm³/mol. The molecular formula is C10H19NO3. The number of ether oxygens (including phenoxy) is 1. The van der Waals surface area contributed by atoms with E-state index in [0.29, 0.717) is 12.5 Å². The second kappa shape index (κ2) is 4.28. The van der Waals surface area contributed by atoms with Gasteiger partial charge in [0.05, 0.1) is 7.11 Å².